The quantitative estimate of drug-likeness (QED) is 0.655. The number of aryl methyl sites for hydroxylation is 1. The van der Waals surface area contributed by atoms with Crippen LogP contribution in [-0.2, 0) is 0 Å². The lowest BCUT2D eigenvalue weighted by molar-refractivity contribution is -0.732. The number of rotatable bonds is 3. The molecule has 2 nitrogen and oxygen atoms in total. The zero-order valence-corrected chi connectivity index (χ0v) is 13.0. The third kappa shape index (κ3) is 3.14. The molecule has 0 saturated heterocycles. The van der Waals surface area contributed by atoms with Crippen LogP contribution in [0.1, 0.15) is 45.5 Å². The Hall–Kier alpha value is -0.220. The van der Waals surface area contributed by atoms with Crippen molar-refractivity contribution < 1.29 is 4.57 Å². The molecule has 0 radical (unpaired) electrons. The third-order valence-electron chi connectivity index (χ3n) is 2.20. The molecule has 16 heavy (non-hydrogen) atoms. The lowest BCUT2D eigenvalue weighted by Gasteiger charge is -2.17. The van der Waals surface area contributed by atoms with E-state index in [-0.39, 0.29) is 5.54 Å². The van der Waals surface area contributed by atoms with Crippen LogP contribution < -0.4 is 9.88 Å². The van der Waals surface area contributed by atoms with E-state index in [2.05, 4.69) is 57.7 Å². The molecule has 1 rings (SSSR count). The lowest BCUT2D eigenvalue weighted by Crippen LogP contribution is -2.42. The van der Waals surface area contributed by atoms with Crippen LogP contribution in [0.4, 0.5) is 5.82 Å². The van der Waals surface area contributed by atoms with Crippen molar-refractivity contribution >= 4 is 28.9 Å². The second-order valence-electron chi connectivity index (χ2n) is 5.32. The number of nitrogens with one attached hydrogen (secondary N) is 1. The van der Waals surface area contributed by atoms with Gasteiger partial charge in [-0.15, -0.1) is 0 Å². The predicted octanol–water partition coefficient (Wildman–Crippen LogP) is 3.86. The minimum Gasteiger partial charge on any atom is -0.269 e. The number of thioether (sulfide) groups is 1. The summed E-state index contributed by atoms with van der Waals surface area (Å²) < 4.78 is 3.77. The Labute approximate surface area is 107 Å². The van der Waals surface area contributed by atoms with Crippen LogP contribution in [0.2, 0.25) is 0 Å². The fraction of sp³-hybridized carbons (Fsp3) is 0.750. The van der Waals surface area contributed by atoms with Crippen molar-refractivity contribution in [3.05, 3.63) is 4.88 Å². The van der Waals surface area contributed by atoms with Gasteiger partial charge in [-0.3, -0.25) is 5.32 Å². The first-order chi connectivity index (χ1) is 7.26. The molecule has 0 bridgehead atoms. The van der Waals surface area contributed by atoms with Gasteiger partial charge in [-0.05, 0) is 47.8 Å². The maximum absolute atomic E-state index is 3.61. The largest absolute Gasteiger partial charge is 0.289 e. The van der Waals surface area contributed by atoms with Crippen molar-refractivity contribution in [2.24, 2.45) is 0 Å². The molecule has 4 heteroatoms. The van der Waals surface area contributed by atoms with Gasteiger partial charge in [0.15, 0.2) is 0 Å². The molecular weight excluding hydrogens is 236 g/mol. The van der Waals surface area contributed by atoms with Crippen LogP contribution in [0, 0.1) is 6.92 Å². The molecule has 1 N–H and O–H groups in total. The average Bonchev–Trinajstić information content (AvgIpc) is 2.40. The minimum absolute atomic E-state index is 0.109. The van der Waals surface area contributed by atoms with Gasteiger partial charge >= 0.3 is 0 Å². The zero-order chi connectivity index (χ0) is 12.5. The molecule has 0 amide bonds. The number of thiazole rings is 1. The van der Waals surface area contributed by atoms with Crippen molar-refractivity contribution in [2.75, 3.05) is 11.6 Å². The molecule has 0 aliphatic carbocycles. The maximum atomic E-state index is 3.61. The van der Waals surface area contributed by atoms with E-state index < -0.39 is 0 Å². The lowest BCUT2D eigenvalue weighted by atomic mass is 10.1. The van der Waals surface area contributed by atoms with Gasteiger partial charge in [0.25, 0.3) is 5.82 Å². The first-order valence-electron chi connectivity index (χ1n) is 5.63. The molecule has 0 aromatic carbocycles. The molecule has 0 atom stereocenters. The van der Waals surface area contributed by atoms with Gasteiger partial charge in [0.1, 0.15) is 0 Å². The molecule has 0 saturated carbocycles. The predicted molar refractivity (Wildman–Crippen MR) is 74.8 cm³/mol. The van der Waals surface area contributed by atoms with Crippen molar-refractivity contribution in [1.82, 2.24) is 0 Å². The van der Waals surface area contributed by atoms with Gasteiger partial charge < -0.3 is 0 Å². The standard InChI is InChI=1S/C12H23N2S2/c1-8(2)14-10(13-12(4,5)6)9(3)16-11(14)15-7/h8,13H,1-7H3/q+1. The first-order valence-corrected chi connectivity index (χ1v) is 7.67. The third-order valence-corrected chi connectivity index (χ3v) is 4.36. The van der Waals surface area contributed by atoms with E-state index in [1.54, 1.807) is 0 Å². The van der Waals surface area contributed by atoms with Gasteiger partial charge in [-0.2, -0.15) is 0 Å². The monoisotopic (exact) mass is 259 g/mol. The highest BCUT2D eigenvalue weighted by Crippen LogP contribution is 2.29. The first kappa shape index (κ1) is 13.8. The SMILES string of the molecule is CSc1sc(C)c(NC(C)(C)C)[n+]1C(C)C. The summed E-state index contributed by atoms with van der Waals surface area (Å²) >= 11 is 3.70. The van der Waals surface area contributed by atoms with E-state index in [4.69, 9.17) is 0 Å². The summed E-state index contributed by atoms with van der Waals surface area (Å²) in [5.41, 5.74) is 0.109. The summed E-state index contributed by atoms with van der Waals surface area (Å²) in [6.07, 6.45) is 2.14. The normalized spacial score (nSPS) is 12.2. The number of anilines is 1. The van der Waals surface area contributed by atoms with E-state index in [1.165, 1.54) is 15.0 Å². The topological polar surface area (TPSA) is 15.9 Å². The Morgan fingerprint density at radius 2 is 1.88 bits per heavy atom. The highest BCUT2D eigenvalue weighted by molar-refractivity contribution is 8.00. The number of hydrogen-bond donors (Lipinski definition) is 1. The molecule has 0 fully saturated rings. The summed E-state index contributed by atoms with van der Waals surface area (Å²) in [5, 5.41) is 3.61. The highest BCUT2D eigenvalue weighted by Gasteiger charge is 2.27. The van der Waals surface area contributed by atoms with Crippen molar-refractivity contribution in [3.8, 4) is 0 Å². The molecular formula is C12H23N2S2+. The number of aromatic nitrogens is 1. The van der Waals surface area contributed by atoms with Crippen LogP contribution in [0.15, 0.2) is 4.34 Å². The Morgan fingerprint density at radius 1 is 1.31 bits per heavy atom. The summed E-state index contributed by atoms with van der Waals surface area (Å²) in [6, 6.07) is 0.497. The Bertz CT molecular complexity index is 362. The van der Waals surface area contributed by atoms with E-state index in [9.17, 15) is 0 Å². The zero-order valence-electron chi connectivity index (χ0n) is 11.3. The van der Waals surface area contributed by atoms with Crippen LogP contribution in [-0.4, -0.2) is 11.8 Å². The Morgan fingerprint density at radius 3 is 2.25 bits per heavy atom. The fourth-order valence-electron chi connectivity index (χ4n) is 1.60. The van der Waals surface area contributed by atoms with Gasteiger partial charge in [0.05, 0.1) is 16.5 Å². The van der Waals surface area contributed by atoms with E-state index in [0.717, 1.165) is 0 Å². The van der Waals surface area contributed by atoms with Crippen molar-refractivity contribution in [3.63, 3.8) is 0 Å². The minimum atomic E-state index is 0.109. The maximum Gasteiger partial charge on any atom is 0.289 e. The second kappa shape index (κ2) is 4.96. The molecule has 1 aromatic heterocycles. The molecule has 0 aliphatic rings. The smallest absolute Gasteiger partial charge is 0.269 e. The Balaban J connectivity index is 3.20. The highest BCUT2D eigenvalue weighted by atomic mass is 32.2. The molecule has 92 valence electrons. The molecule has 1 heterocycles. The molecule has 0 spiro atoms. The molecule has 0 aliphatic heterocycles. The summed E-state index contributed by atoms with van der Waals surface area (Å²) in [7, 11) is 0. The molecule has 1 aromatic rings. The molecule has 0 unspecified atom stereocenters. The Kier molecular flexibility index (Phi) is 4.29. The second-order valence-corrected chi connectivity index (χ2v) is 7.57. The van der Waals surface area contributed by atoms with Crippen molar-refractivity contribution in [2.45, 2.75) is 57.5 Å². The van der Waals surface area contributed by atoms with Crippen LogP contribution >= 0.6 is 23.1 Å². The summed E-state index contributed by atoms with van der Waals surface area (Å²) in [6.45, 7) is 13.3. The fourth-order valence-corrected chi connectivity index (χ4v) is 3.72. The van der Waals surface area contributed by atoms with E-state index in [1.807, 2.05) is 23.1 Å². The van der Waals surface area contributed by atoms with Gasteiger partial charge in [-0.25, -0.2) is 4.57 Å². The summed E-state index contributed by atoms with van der Waals surface area (Å²) in [4.78, 5) is 1.37. The number of nitrogens with zero attached hydrogens (tertiary/aromatic N) is 1. The van der Waals surface area contributed by atoms with E-state index >= 15 is 0 Å². The van der Waals surface area contributed by atoms with Gasteiger partial charge in [0, 0.05) is 0 Å². The van der Waals surface area contributed by atoms with Gasteiger partial charge in [0.2, 0.25) is 4.34 Å². The summed E-state index contributed by atoms with van der Waals surface area (Å²) in [5.74, 6) is 1.27. The average molecular weight is 259 g/mol. The van der Waals surface area contributed by atoms with Crippen LogP contribution in [0.5, 0.6) is 0 Å². The van der Waals surface area contributed by atoms with E-state index in [0.29, 0.717) is 6.04 Å². The van der Waals surface area contributed by atoms with Crippen LogP contribution in [0.25, 0.3) is 0 Å². The number of hydrogen-bond acceptors (Lipinski definition) is 3. The van der Waals surface area contributed by atoms with Crippen LogP contribution in [0.3, 0.4) is 0 Å². The van der Waals surface area contributed by atoms with Gasteiger partial charge in [-0.1, -0.05) is 23.1 Å². The van der Waals surface area contributed by atoms with Crippen molar-refractivity contribution in [1.29, 1.82) is 0 Å².